The van der Waals surface area contributed by atoms with Gasteiger partial charge in [-0.2, -0.15) is 5.10 Å². The Morgan fingerprint density at radius 1 is 1.45 bits per heavy atom. The van der Waals surface area contributed by atoms with Crippen molar-refractivity contribution in [1.82, 2.24) is 9.78 Å². The van der Waals surface area contributed by atoms with Gasteiger partial charge in [-0.25, -0.2) is 4.79 Å². The summed E-state index contributed by atoms with van der Waals surface area (Å²) in [5.74, 6) is -0.141. The van der Waals surface area contributed by atoms with Gasteiger partial charge in [-0.15, -0.1) is 0 Å². The first kappa shape index (κ1) is 12.7. The van der Waals surface area contributed by atoms with Crippen LogP contribution in [0.15, 0.2) is 24.3 Å². The zero-order valence-electron chi connectivity index (χ0n) is 11.3. The van der Waals surface area contributed by atoms with Gasteiger partial charge in [-0.3, -0.25) is 4.68 Å². The van der Waals surface area contributed by atoms with E-state index in [1.807, 2.05) is 28.9 Å². The number of rotatable bonds is 4. The molecular formula is C15H16N2O3. The maximum atomic E-state index is 11.2. The van der Waals surface area contributed by atoms with E-state index in [1.54, 1.807) is 7.11 Å². The second kappa shape index (κ2) is 5.00. The van der Waals surface area contributed by atoms with Crippen LogP contribution in [-0.4, -0.2) is 28.0 Å². The number of hydrogen-bond donors (Lipinski definition) is 1. The molecule has 2 aromatic rings. The van der Waals surface area contributed by atoms with Gasteiger partial charge in [0.1, 0.15) is 5.75 Å². The summed E-state index contributed by atoms with van der Waals surface area (Å²) in [6.45, 7) is 0.576. The van der Waals surface area contributed by atoms with Crippen LogP contribution in [0, 0.1) is 0 Å². The molecule has 0 bridgehead atoms. The zero-order valence-corrected chi connectivity index (χ0v) is 11.3. The van der Waals surface area contributed by atoms with E-state index in [-0.39, 0.29) is 5.69 Å². The number of carboxylic acids is 1. The third-order valence-corrected chi connectivity index (χ3v) is 3.68. The fourth-order valence-corrected chi connectivity index (χ4v) is 2.76. The van der Waals surface area contributed by atoms with E-state index < -0.39 is 5.97 Å². The molecule has 5 nitrogen and oxygen atoms in total. The van der Waals surface area contributed by atoms with Gasteiger partial charge in [0.05, 0.1) is 13.7 Å². The first-order chi connectivity index (χ1) is 9.69. The summed E-state index contributed by atoms with van der Waals surface area (Å²) in [6, 6.07) is 7.76. The van der Waals surface area contributed by atoms with Crippen LogP contribution in [0.2, 0.25) is 0 Å². The van der Waals surface area contributed by atoms with E-state index in [0.29, 0.717) is 6.54 Å². The van der Waals surface area contributed by atoms with Crippen molar-refractivity contribution in [2.45, 2.75) is 25.8 Å². The van der Waals surface area contributed by atoms with Gasteiger partial charge in [-0.1, -0.05) is 12.1 Å². The molecule has 104 valence electrons. The molecule has 1 N–H and O–H groups in total. The molecule has 0 aliphatic heterocycles. The molecule has 5 heteroatoms. The molecule has 3 rings (SSSR count). The minimum atomic E-state index is -0.937. The van der Waals surface area contributed by atoms with Gasteiger partial charge in [0.15, 0.2) is 5.69 Å². The van der Waals surface area contributed by atoms with Crippen molar-refractivity contribution in [3.8, 4) is 5.75 Å². The third kappa shape index (κ3) is 2.15. The maximum absolute atomic E-state index is 11.2. The number of hydrogen-bond acceptors (Lipinski definition) is 3. The molecule has 0 saturated carbocycles. The van der Waals surface area contributed by atoms with Gasteiger partial charge in [0.2, 0.25) is 0 Å². The van der Waals surface area contributed by atoms with Crippen molar-refractivity contribution in [1.29, 1.82) is 0 Å². The number of methoxy groups -OCH3 is 1. The summed E-state index contributed by atoms with van der Waals surface area (Å²) in [7, 11) is 1.63. The van der Waals surface area contributed by atoms with Crippen LogP contribution in [-0.2, 0) is 19.4 Å². The lowest BCUT2D eigenvalue weighted by atomic mass is 10.2. The summed E-state index contributed by atoms with van der Waals surface area (Å²) in [6.07, 6.45) is 2.72. The summed E-state index contributed by atoms with van der Waals surface area (Å²) in [5.41, 5.74) is 3.23. The van der Waals surface area contributed by atoms with E-state index >= 15 is 0 Å². The number of aromatic carboxylic acids is 1. The summed E-state index contributed by atoms with van der Waals surface area (Å²) in [4.78, 5) is 11.2. The van der Waals surface area contributed by atoms with Gasteiger partial charge in [0.25, 0.3) is 0 Å². The van der Waals surface area contributed by atoms with Crippen LogP contribution in [0.4, 0.5) is 0 Å². The topological polar surface area (TPSA) is 64.4 Å². The molecule has 1 aliphatic carbocycles. The predicted octanol–water partition coefficient (Wildman–Crippen LogP) is 2.13. The number of carbonyl (C=O) groups is 1. The molecule has 20 heavy (non-hydrogen) atoms. The molecule has 0 spiro atoms. The van der Waals surface area contributed by atoms with Crippen LogP contribution in [0.25, 0.3) is 0 Å². The van der Waals surface area contributed by atoms with E-state index in [4.69, 9.17) is 4.74 Å². The normalized spacial score (nSPS) is 13.2. The Kier molecular flexibility index (Phi) is 3.18. The lowest BCUT2D eigenvalue weighted by Gasteiger charge is -2.07. The zero-order chi connectivity index (χ0) is 14.1. The monoisotopic (exact) mass is 272 g/mol. The molecule has 1 aliphatic rings. The minimum absolute atomic E-state index is 0.209. The van der Waals surface area contributed by atoms with Gasteiger partial charge >= 0.3 is 5.97 Å². The van der Waals surface area contributed by atoms with Gasteiger partial charge < -0.3 is 9.84 Å². The van der Waals surface area contributed by atoms with E-state index in [2.05, 4.69) is 5.10 Å². The molecular weight excluding hydrogens is 256 g/mol. The smallest absolute Gasteiger partial charge is 0.356 e. The summed E-state index contributed by atoms with van der Waals surface area (Å²) in [5, 5.41) is 13.5. The van der Waals surface area contributed by atoms with E-state index in [0.717, 1.165) is 41.8 Å². The Balaban J connectivity index is 1.95. The lowest BCUT2D eigenvalue weighted by Crippen LogP contribution is -2.07. The highest BCUT2D eigenvalue weighted by Gasteiger charge is 2.25. The number of nitrogens with zero attached hydrogens (tertiary/aromatic N) is 2. The molecule has 1 aromatic heterocycles. The first-order valence-corrected chi connectivity index (χ1v) is 6.64. The molecule has 0 radical (unpaired) electrons. The SMILES string of the molecule is COc1cccc(Cn2nc(C(=O)O)c3c2CCC3)c1. The van der Waals surface area contributed by atoms with Crippen LogP contribution in [0.5, 0.6) is 5.75 Å². The molecule has 1 aromatic carbocycles. The molecule has 0 unspecified atom stereocenters. The Morgan fingerprint density at radius 3 is 3.05 bits per heavy atom. The standard InChI is InChI=1S/C15H16N2O3/c1-20-11-5-2-4-10(8-11)9-17-13-7-3-6-12(13)14(16-17)15(18)19/h2,4-5,8H,3,6-7,9H2,1H3,(H,18,19). The maximum Gasteiger partial charge on any atom is 0.356 e. The van der Waals surface area contributed by atoms with Gasteiger partial charge in [0, 0.05) is 11.3 Å². The van der Waals surface area contributed by atoms with E-state index in [9.17, 15) is 9.90 Å². The number of fused-ring (bicyclic) bond motifs is 1. The Bertz CT molecular complexity index is 661. The van der Waals surface area contributed by atoms with Crippen molar-refractivity contribution in [2.24, 2.45) is 0 Å². The highest BCUT2D eigenvalue weighted by Crippen LogP contribution is 2.26. The molecule has 0 saturated heterocycles. The Labute approximate surface area is 116 Å². The summed E-state index contributed by atoms with van der Waals surface area (Å²) >= 11 is 0. The molecule has 0 fully saturated rings. The van der Waals surface area contributed by atoms with Crippen molar-refractivity contribution < 1.29 is 14.6 Å². The largest absolute Gasteiger partial charge is 0.497 e. The Hall–Kier alpha value is -2.30. The van der Waals surface area contributed by atoms with Crippen molar-refractivity contribution in [3.05, 3.63) is 46.8 Å². The summed E-state index contributed by atoms with van der Waals surface area (Å²) < 4.78 is 7.02. The fraction of sp³-hybridized carbons (Fsp3) is 0.333. The van der Waals surface area contributed by atoms with Crippen molar-refractivity contribution in [2.75, 3.05) is 7.11 Å². The molecule has 1 heterocycles. The number of aromatic nitrogens is 2. The average molecular weight is 272 g/mol. The quantitative estimate of drug-likeness (QED) is 0.926. The van der Waals surface area contributed by atoms with Crippen molar-refractivity contribution in [3.63, 3.8) is 0 Å². The average Bonchev–Trinajstić information content (AvgIpc) is 3.02. The second-order valence-corrected chi connectivity index (χ2v) is 4.94. The highest BCUT2D eigenvalue weighted by molar-refractivity contribution is 5.87. The van der Waals surface area contributed by atoms with E-state index in [1.165, 1.54) is 0 Å². The third-order valence-electron chi connectivity index (χ3n) is 3.68. The number of ether oxygens (including phenoxy) is 1. The first-order valence-electron chi connectivity index (χ1n) is 6.64. The second-order valence-electron chi connectivity index (χ2n) is 4.94. The molecule has 0 atom stereocenters. The number of benzene rings is 1. The fourth-order valence-electron chi connectivity index (χ4n) is 2.76. The number of carboxylic acid groups (broad SMARTS) is 1. The van der Waals surface area contributed by atoms with Crippen molar-refractivity contribution >= 4 is 5.97 Å². The van der Waals surface area contributed by atoms with Crippen LogP contribution >= 0.6 is 0 Å². The lowest BCUT2D eigenvalue weighted by molar-refractivity contribution is 0.0688. The van der Waals surface area contributed by atoms with Crippen LogP contribution in [0.3, 0.4) is 0 Å². The van der Waals surface area contributed by atoms with Crippen LogP contribution < -0.4 is 4.74 Å². The highest BCUT2D eigenvalue weighted by atomic mass is 16.5. The van der Waals surface area contributed by atoms with Gasteiger partial charge in [-0.05, 0) is 37.0 Å². The minimum Gasteiger partial charge on any atom is -0.497 e. The molecule has 0 amide bonds. The van der Waals surface area contributed by atoms with Crippen LogP contribution in [0.1, 0.15) is 33.7 Å². The Morgan fingerprint density at radius 2 is 2.30 bits per heavy atom. The predicted molar refractivity (Wildman–Crippen MR) is 73.3 cm³/mol.